The van der Waals surface area contributed by atoms with Gasteiger partial charge in [0, 0.05) is 25.9 Å². The molecule has 0 spiro atoms. The minimum Gasteiger partial charge on any atom is -0.480 e. The zero-order valence-corrected chi connectivity index (χ0v) is 14.4. The van der Waals surface area contributed by atoms with Gasteiger partial charge in [-0.15, -0.1) is 0 Å². The van der Waals surface area contributed by atoms with E-state index in [9.17, 15) is 19.2 Å². The van der Waals surface area contributed by atoms with Crippen LogP contribution in [0.1, 0.15) is 57.8 Å². The molecule has 0 saturated carbocycles. The molecule has 8 nitrogen and oxygen atoms in total. The predicted molar refractivity (Wildman–Crippen MR) is 87.8 cm³/mol. The van der Waals surface area contributed by atoms with Crippen LogP contribution in [0.25, 0.3) is 0 Å². The van der Waals surface area contributed by atoms with E-state index in [4.69, 9.17) is 10.2 Å². The lowest BCUT2D eigenvalue weighted by Crippen LogP contribution is -2.40. The zero-order chi connectivity index (χ0) is 18.4. The number of unbranched alkanes of at least 4 members (excludes halogenated alkanes) is 2. The van der Waals surface area contributed by atoms with Gasteiger partial charge in [0.25, 0.3) is 0 Å². The summed E-state index contributed by atoms with van der Waals surface area (Å²) in [6.07, 6.45) is 4.95. The number of carbonyl (C=O) groups is 4. The number of likely N-dealkylation sites (tertiary alicyclic amines) is 2. The van der Waals surface area contributed by atoms with Crippen molar-refractivity contribution in [2.24, 2.45) is 0 Å². The van der Waals surface area contributed by atoms with Gasteiger partial charge < -0.3 is 20.0 Å². The van der Waals surface area contributed by atoms with Crippen LogP contribution < -0.4 is 0 Å². The van der Waals surface area contributed by atoms with E-state index in [1.165, 1.54) is 9.80 Å². The van der Waals surface area contributed by atoms with E-state index in [0.717, 1.165) is 12.8 Å². The van der Waals surface area contributed by atoms with E-state index in [2.05, 4.69) is 0 Å². The Hall–Kier alpha value is -2.12. The fourth-order valence-corrected chi connectivity index (χ4v) is 3.66. The number of carboxylic acids is 2. The summed E-state index contributed by atoms with van der Waals surface area (Å²) in [4.78, 5) is 49.3. The van der Waals surface area contributed by atoms with Gasteiger partial charge in [0.05, 0.1) is 0 Å². The Bertz CT molecular complexity index is 489. The van der Waals surface area contributed by atoms with Crippen molar-refractivity contribution in [1.29, 1.82) is 0 Å². The molecule has 0 radical (unpaired) electrons. The van der Waals surface area contributed by atoms with Crippen molar-refractivity contribution in [3.05, 3.63) is 0 Å². The van der Waals surface area contributed by atoms with Crippen molar-refractivity contribution in [2.45, 2.75) is 69.9 Å². The van der Waals surface area contributed by atoms with E-state index in [-0.39, 0.29) is 11.8 Å². The average molecular weight is 354 g/mol. The molecule has 2 aliphatic heterocycles. The van der Waals surface area contributed by atoms with Gasteiger partial charge in [-0.05, 0) is 38.5 Å². The zero-order valence-electron chi connectivity index (χ0n) is 14.4. The molecule has 0 bridgehead atoms. The van der Waals surface area contributed by atoms with E-state index in [1.54, 1.807) is 0 Å². The Balaban J connectivity index is 1.64. The average Bonchev–Trinajstić information content (AvgIpc) is 3.23. The molecule has 2 N–H and O–H groups in total. The summed E-state index contributed by atoms with van der Waals surface area (Å²) in [6.45, 7) is 1.000. The highest BCUT2D eigenvalue weighted by Crippen LogP contribution is 2.21. The molecule has 0 aromatic heterocycles. The minimum atomic E-state index is -0.949. The second kappa shape index (κ2) is 8.82. The first-order valence-corrected chi connectivity index (χ1v) is 8.96. The normalized spacial score (nSPS) is 23.0. The van der Waals surface area contributed by atoms with Crippen LogP contribution >= 0.6 is 0 Å². The van der Waals surface area contributed by atoms with Crippen LogP contribution in [0.2, 0.25) is 0 Å². The van der Waals surface area contributed by atoms with Crippen LogP contribution in [0.5, 0.6) is 0 Å². The number of nitrogens with zero attached hydrogens (tertiary/aromatic N) is 2. The lowest BCUT2D eigenvalue weighted by Gasteiger charge is -2.22. The van der Waals surface area contributed by atoms with Gasteiger partial charge in [0.2, 0.25) is 11.8 Å². The largest absolute Gasteiger partial charge is 0.480 e. The molecule has 0 aliphatic carbocycles. The SMILES string of the molecule is O=C(O)C1CCCN1C(=O)CCCCCC(=O)N1CCCC1C(=O)O. The van der Waals surface area contributed by atoms with Crippen molar-refractivity contribution in [3.63, 3.8) is 0 Å². The van der Waals surface area contributed by atoms with Gasteiger partial charge in [0.1, 0.15) is 12.1 Å². The third-order valence-electron chi connectivity index (χ3n) is 5.00. The third-order valence-corrected chi connectivity index (χ3v) is 5.00. The summed E-state index contributed by atoms with van der Waals surface area (Å²) in [5.41, 5.74) is 0. The molecule has 140 valence electrons. The van der Waals surface area contributed by atoms with E-state index < -0.39 is 24.0 Å². The molecular formula is C17H26N2O6. The quantitative estimate of drug-likeness (QED) is 0.631. The van der Waals surface area contributed by atoms with Crippen molar-refractivity contribution >= 4 is 23.8 Å². The lowest BCUT2D eigenvalue weighted by atomic mass is 10.1. The van der Waals surface area contributed by atoms with Gasteiger partial charge in [-0.1, -0.05) is 6.42 Å². The first-order chi connectivity index (χ1) is 11.9. The lowest BCUT2D eigenvalue weighted by molar-refractivity contribution is -0.148. The standard InChI is InChI=1S/C17H26N2O6/c20-14(18-10-4-6-12(18)16(22)23)8-2-1-3-9-15(21)19-11-5-7-13(19)17(24)25/h12-13H,1-11H2,(H,22,23)(H,24,25). The molecule has 8 heteroatoms. The Morgan fingerprint density at radius 2 is 1.12 bits per heavy atom. The maximum atomic E-state index is 12.1. The summed E-state index contributed by atoms with van der Waals surface area (Å²) >= 11 is 0. The number of hydrogen-bond donors (Lipinski definition) is 2. The molecule has 2 amide bonds. The number of amides is 2. The fourth-order valence-electron chi connectivity index (χ4n) is 3.66. The summed E-state index contributed by atoms with van der Waals surface area (Å²) < 4.78 is 0. The Morgan fingerprint density at radius 1 is 0.720 bits per heavy atom. The smallest absolute Gasteiger partial charge is 0.326 e. The van der Waals surface area contributed by atoms with E-state index in [1.807, 2.05) is 0 Å². The molecule has 2 heterocycles. The molecular weight excluding hydrogens is 328 g/mol. The number of aliphatic carboxylic acids is 2. The maximum Gasteiger partial charge on any atom is 0.326 e. The molecule has 2 unspecified atom stereocenters. The van der Waals surface area contributed by atoms with Crippen LogP contribution in [0, 0.1) is 0 Å². The van der Waals surface area contributed by atoms with Crippen molar-refractivity contribution in [3.8, 4) is 0 Å². The van der Waals surface area contributed by atoms with Crippen LogP contribution in [-0.4, -0.2) is 68.9 Å². The second-order valence-corrected chi connectivity index (χ2v) is 6.73. The van der Waals surface area contributed by atoms with Gasteiger partial charge in [0.15, 0.2) is 0 Å². The van der Waals surface area contributed by atoms with Crippen LogP contribution in [0.3, 0.4) is 0 Å². The summed E-state index contributed by atoms with van der Waals surface area (Å²) in [5, 5.41) is 18.2. The third kappa shape index (κ3) is 4.93. The highest BCUT2D eigenvalue weighted by molar-refractivity contribution is 5.85. The van der Waals surface area contributed by atoms with E-state index in [0.29, 0.717) is 58.0 Å². The highest BCUT2D eigenvalue weighted by Gasteiger charge is 2.34. The monoisotopic (exact) mass is 354 g/mol. The van der Waals surface area contributed by atoms with Gasteiger partial charge in [-0.25, -0.2) is 9.59 Å². The van der Waals surface area contributed by atoms with Crippen LogP contribution in [0.4, 0.5) is 0 Å². The topological polar surface area (TPSA) is 115 Å². The van der Waals surface area contributed by atoms with Crippen molar-refractivity contribution < 1.29 is 29.4 Å². The predicted octanol–water partition coefficient (Wildman–Crippen LogP) is 1.09. The Kier molecular flexibility index (Phi) is 6.78. The molecule has 2 fully saturated rings. The number of carboxylic acid groups (broad SMARTS) is 2. The molecule has 25 heavy (non-hydrogen) atoms. The van der Waals surface area contributed by atoms with Crippen molar-refractivity contribution in [2.75, 3.05) is 13.1 Å². The summed E-state index contributed by atoms with van der Waals surface area (Å²) in [5.74, 6) is -2.17. The highest BCUT2D eigenvalue weighted by atomic mass is 16.4. The second-order valence-electron chi connectivity index (χ2n) is 6.73. The Labute approximate surface area is 146 Å². The molecule has 2 rings (SSSR count). The molecule has 0 aromatic carbocycles. The van der Waals surface area contributed by atoms with Gasteiger partial charge in [-0.2, -0.15) is 0 Å². The van der Waals surface area contributed by atoms with E-state index >= 15 is 0 Å². The number of rotatable bonds is 8. The van der Waals surface area contributed by atoms with Gasteiger partial charge >= 0.3 is 11.9 Å². The summed E-state index contributed by atoms with van der Waals surface area (Å²) in [7, 11) is 0. The Morgan fingerprint density at radius 3 is 1.48 bits per heavy atom. The first-order valence-electron chi connectivity index (χ1n) is 8.96. The van der Waals surface area contributed by atoms with Crippen LogP contribution in [-0.2, 0) is 19.2 Å². The van der Waals surface area contributed by atoms with Crippen molar-refractivity contribution in [1.82, 2.24) is 9.80 Å². The molecule has 2 atom stereocenters. The first kappa shape index (κ1) is 19.2. The van der Waals surface area contributed by atoms with Gasteiger partial charge in [-0.3, -0.25) is 9.59 Å². The van der Waals surface area contributed by atoms with Crippen LogP contribution in [0.15, 0.2) is 0 Å². The molecule has 2 aliphatic rings. The number of carbonyl (C=O) groups excluding carboxylic acids is 2. The summed E-state index contributed by atoms with van der Waals surface area (Å²) in [6, 6.07) is -1.39. The molecule has 0 aromatic rings. The molecule has 2 saturated heterocycles. The fraction of sp³-hybridized carbons (Fsp3) is 0.765. The number of hydrogen-bond acceptors (Lipinski definition) is 4. The maximum absolute atomic E-state index is 12.1. The minimum absolute atomic E-state index is 0.137.